The summed E-state index contributed by atoms with van der Waals surface area (Å²) in [5.74, 6) is -2.23. The molecule has 6 heteroatoms. The Balaban J connectivity index is 2.29. The second-order valence-corrected chi connectivity index (χ2v) is 6.49. The largest absolute Gasteiger partial charge is 0.480 e. The van der Waals surface area contributed by atoms with Gasteiger partial charge in [-0.1, -0.05) is 25.8 Å². The van der Waals surface area contributed by atoms with Crippen molar-refractivity contribution in [1.29, 1.82) is 0 Å². The molecule has 114 valence electrons. The van der Waals surface area contributed by atoms with Gasteiger partial charge in [-0.25, -0.2) is 9.18 Å². The molecule has 0 saturated heterocycles. The predicted octanol–water partition coefficient (Wildman–Crippen LogP) is 3.35. The molecular formula is C15H17BrFNO3. The highest BCUT2D eigenvalue weighted by Crippen LogP contribution is 2.33. The molecule has 2 atom stereocenters. The van der Waals surface area contributed by atoms with E-state index in [2.05, 4.69) is 21.2 Å². The zero-order valence-corrected chi connectivity index (χ0v) is 13.2. The molecule has 0 bridgehead atoms. The monoisotopic (exact) mass is 357 g/mol. The van der Waals surface area contributed by atoms with Gasteiger partial charge >= 0.3 is 5.97 Å². The average molecular weight is 358 g/mol. The fourth-order valence-corrected chi connectivity index (χ4v) is 3.43. The van der Waals surface area contributed by atoms with E-state index in [1.54, 1.807) is 6.07 Å². The van der Waals surface area contributed by atoms with E-state index >= 15 is 0 Å². The highest BCUT2D eigenvalue weighted by molar-refractivity contribution is 9.10. The van der Waals surface area contributed by atoms with Crippen LogP contribution in [0.15, 0.2) is 22.7 Å². The Kier molecular flexibility index (Phi) is 4.66. The summed E-state index contributed by atoms with van der Waals surface area (Å²) < 4.78 is 14.1. The number of carboxylic acids is 1. The van der Waals surface area contributed by atoms with Gasteiger partial charge in [0.15, 0.2) is 0 Å². The molecule has 1 aliphatic carbocycles. The Bertz CT molecular complexity index is 558. The summed E-state index contributed by atoms with van der Waals surface area (Å²) in [5, 5.41) is 12.1. The highest BCUT2D eigenvalue weighted by atomic mass is 79.9. The average Bonchev–Trinajstić information content (AvgIpc) is 2.38. The van der Waals surface area contributed by atoms with Crippen LogP contribution in [-0.2, 0) is 4.79 Å². The summed E-state index contributed by atoms with van der Waals surface area (Å²) in [6.45, 7) is 1.96. The SMILES string of the molecule is CC1CCCC(NC(=O)c2c(F)cccc2Br)(C(=O)O)C1. The van der Waals surface area contributed by atoms with Crippen molar-refractivity contribution in [2.75, 3.05) is 0 Å². The summed E-state index contributed by atoms with van der Waals surface area (Å²) in [6, 6.07) is 4.21. The number of hydrogen-bond acceptors (Lipinski definition) is 2. The van der Waals surface area contributed by atoms with Crippen molar-refractivity contribution < 1.29 is 19.1 Å². The molecule has 2 N–H and O–H groups in total. The van der Waals surface area contributed by atoms with E-state index in [1.807, 2.05) is 6.92 Å². The van der Waals surface area contributed by atoms with E-state index in [-0.39, 0.29) is 11.5 Å². The first kappa shape index (κ1) is 15.9. The minimum atomic E-state index is -1.31. The van der Waals surface area contributed by atoms with Crippen molar-refractivity contribution in [3.8, 4) is 0 Å². The first-order chi connectivity index (χ1) is 9.85. The summed E-state index contributed by atoms with van der Waals surface area (Å²) in [5.41, 5.74) is -1.47. The van der Waals surface area contributed by atoms with Crippen molar-refractivity contribution in [1.82, 2.24) is 5.32 Å². The van der Waals surface area contributed by atoms with Crippen LogP contribution in [0.5, 0.6) is 0 Å². The van der Waals surface area contributed by atoms with E-state index in [9.17, 15) is 19.1 Å². The third kappa shape index (κ3) is 3.26. The van der Waals surface area contributed by atoms with E-state index in [0.29, 0.717) is 17.3 Å². The van der Waals surface area contributed by atoms with Crippen molar-refractivity contribution in [2.45, 2.75) is 38.1 Å². The Morgan fingerprint density at radius 3 is 2.76 bits per heavy atom. The molecule has 0 spiro atoms. The van der Waals surface area contributed by atoms with Crippen LogP contribution in [-0.4, -0.2) is 22.5 Å². The molecule has 2 unspecified atom stereocenters. The topological polar surface area (TPSA) is 66.4 Å². The molecular weight excluding hydrogens is 341 g/mol. The van der Waals surface area contributed by atoms with Gasteiger partial charge in [-0.05, 0) is 46.8 Å². The molecule has 1 amide bonds. The second-order valence-electron chi connectivity index (χ2n) is 5.64. The molecule has 21 heavy (non-hydrogen) atoms. The first-order valence-electron chi connectivity index (χ1n) is 6.85. The van der Waals surface area contributed by atoms with Crippen LogP contribution in [0.4, 0.5) is 4.39 Å². The van der Waals surface area contributed by atoms with Crippen molar-refractivity contribution in [3.05, 3.63) is 34.1 Å². The van der Waals surface area contributed by atoms with Gasteiger partial charge in [-0.15, -0.1) is 0 Å². The number of hydrogen-bond donors (Lipinski definition) is 2. The van der Waals surface area contributed by atoms with E-state index < -0.39 is 23.2 Å². The maximum absolute atomic E-state index is 13.8. The zero-order valence-electron chi connectivity index (χ0n) is 11.7. The number of carbonyl (C=O) groups excluding carboxylic acids is 1. The number of carbonyl (C=O) groups is 2. The normalized spacial score (nSPS) is 25.4. The maximum atomic E-state index is 13.8. The van der Waals surface area contributed by atoms with Crippen LogP contribution >= 0.6 is 15.9 Å². The fourth-order valence-electron chi connectivity index (χ4n) is 2.91. The number of nitrogens with one attached hydrogen (secondary N) is 1. The van der Waals surface area contributed by atoms with Crippen molar-refractivity contribution in [3.63, 3.8) is 0 Å². The van der Waals surface area contributed by atoms with Gasteiger partial charge in [-0.3, -0.25) is 4.79 Å². The molecule has 0 heterocycles. The highest BCUT2D eigenvalue weighted by Gasteiger charge is 2.43. The summed E-state index contributed by atoms with van der Waals surface area (Å²) in [4.78, 5) is 24.0. The lowest BCUT2D eigenvalue weighted by Crippen LogP contribution is -2.57. The molecule has 1 aromatic rings. The van der Waals surface area contributed by atoms with Crippen LogP contribution in [0, 0.1) is 11.7 Å². The standard InChI is InChI=1S/C15H17BrFNO3/c1-9-4-3-7-15(8-9,14(20)21)18-13(19)12-10(16)5-2-6-11(12)17/h2,5-6,9H,3-4,7-8H2,1H3,(H,18,19)(H,20,21). The fraction of sp³-hybridized carbons (Fsp3) is 0.467. The number of amides is 1. The minimum Gasteiger partial charge on any atom is -0.480 e. The van der Waals surface area contributed by atoms with Crippen LogP contribution in [0.2, 0.25) is 0 Å². The van der Waals surface area contributed by atoms with E-state index in [1.165, 1.54) is 12.1 Å². The molecule has 1 fully saturated rings. The third-order valence-corrected chi connectivity index (χ3v) is 4.61. The molecule has 0 radical (unpaired) electrons. The number of aliphatic carboxylic acids is 1. The van der Waals surface area contributed by atoms with Crippen LogP contribution in [0.1, 0.15) is 43.0 Å². The lowest BCUT2D eigenvalue weighted by atomic mass is 9.76. The molecule has 1 aliphatic rings. The number of rotatable bonds is 3. The summed E-state index contributed by atoms with van der Waals surface area (Å²) >= 11 is 3.13. The van der Waals surface area contributed by atoms with Crippen LogP contribution in [0.25, 0.3) is 0 Å². The lowest BCUT2D eigenvalue weighted by Gasteiger charge is -2.37. The second kappa shape index (κ2) is 6.13. The minimum absolute atomic E-state index is 0.156. The molecule has 1 aromatic carbocycles. The smallest absolute Gasteiger partial charge is 0.329 e. The van der Waals surface area contributed by atoms with Gasteiger partial charge in [0.1, 0.15) is 11.4 Å². The number of halogens is 2. The van der Waals surface area contributed by atoms with Gasteiger partial charge in [0.05, 0.1) is 5.56 Å². The Morgan fingerprint density at radius 1 is 1.48 bits per heavy atom. The number of carboxylic acid groups (broad SMARTS) is 1. The maximum Gasteiger partial charge on any atom is 0.329 e. The van der Waals surface area contributed by atoms with Crippen molar-refractivity contribution in [2.24, 2.45) is 5.92 Å². The summed E-state index contributed by atoms with van der Waals surface area (Å²) in [6.07, 6.45) is 2.39. The van der Waals surface area contributed by atoms with Gasteiger partial charge < -0.3 is 10.4 Å². The zero-order chi connectivity index (χ0) is 15.6. The first-order valence-corrected chi connectivity index (χ1v) is 7.65. The Hall–Kier alpha value is -1.43. The molecule has 2 rings (SSSR count). The van der Waals surface area contributed by atoms with Crippen molar-refractivity contribution >= 4 is 27.8 Å². The van der Waals surface area contributed by atoms with E-state index in [0.717, 1.165) is 12.8 Å². The van der Waals surface area contributed by atoms with Crippen LogP contribution < -0.4 is 5.32 Å². The van der Waals surface area contributed by atoms with Crippen LogP contribution in [0.3, 0.4) is 0 Å². The molecule has 0 aliphatic heterocycles. The molecule has 4 nitrogen and oxygen atoms in total. The Labute approximate surface area is 130 Å². The Morgan fingerprint density at radius 2 is 2.19 bits per heavy atom. The number of benzene rings is 1. The third-order valence-electron chi connectivity index (χ3n) is 3.95. The predicted molar refractivity (Wildman–Crippen MR) is 79.6 cm³/mol. The quantitative estimate of drug-likeness (QED) is 0.871. The molecule has 1 saturated carbocycles. The van der Waals surface area contributed by atoms with Gasteiger partial charge in [0.25, 0.3) is 5.91 Å². The summed E-state index contributed by atoms with van der Waals surface area (Å²) in [7, 11) is 0. The molecule has 0 aromatic heterocycles. The lowest BCUT2D eigenvalue weighted by molar-refractivity contribution is -0.146. The van der Waals surface area contributed by atoms with E-state index in [4.69, 9.17) is 0 Å². The van der Waals surface area contributed by atoms with Gasteiger partial charge in [0, 0.05) is 4.47 Å². The van der Waals surface area contributed by atoms with Gasteiger partial charge in [0.2, 0.25) is 0 Å². The van der Waals surface area contributed by atoms with Gasteiger partial charge in [-0.2, -0.15) is 0 Å².